The van der Waals surface area contributed by atoms with Gasteiger partial charge in [0.25, 0.3) is 0 Å². The van der Waals surface area contributed by atoms with Crippen LogP contribution >= 0.6 is 0 Å². The van der Waals surface area contributed by atoms with Gasteiger partial charge in [0.05, 0.1) is 0 Å². The zero-order valence-electron chi connectivity index (χ0n) is 12.2. The Labute approximate surface area is 109 Å². The summed E-state index contributed by atoms with van der Waals surface area (Å²) in [7, 11) is 0. The Balaban J connectivity index is 0. The van der Waals surface area contributed by atoms with E-state index in [0.717, 1.165) is 12.3 Å². The van der Waals surface area contributed by atoms with E-state index in [4.69, 9.17) is 0 Å². The van der Waals surface area contributed by atoms with Gasteiger partial charge in [-0.05, 0) is 31.2 Å². The maximum atomic E-state index is 2.86. The molecule has 0 spiro atoms. The molecular formula is C17H28. The van der Waals surface area contributed by atoms with Gasteiger partial charge >= 0.3 is 0 Å². The Kier molecular flexibility index (Phi) is 8.24. The van der Waals surface area contributed by atoms with Crippen LogP contribution in [0, 0.1) is 24.7 Å². The van der Waals surface area contributed by atoms with Crippen LogP contribution in [0.15, 0.2) is 24.3 Å². The Morgan fingerprint density at radius 2 is 1.88 bits per heavy atom. The molecule has 0 nitrogen and oxygen atoms in total. The van der Waals surface area contributed by atoms with E-state index >= 15 is 0 Å². The van der Waals surface area contributed by atoms with Crippen LogP contribution in [-0.2, 0) is 0 Å². The Morgan fingerprint density at radius 1 is 1.24 bits per heavy atom. The topological polar surface area (TPSA) is 0 Å². The molecule has 0 heterocycles. The SMILES string of the molecule is CC#CCC.Cc1cccc(C(C)C(C)C)c1.[HH]. The van der Waals surface area contributed by atoms with E-state index in [0.29, 0.717) is 5.92 Å². The lowest BCUT2D eigenvalue weighted by atomic mass is 9.90. The number of hydrogen-bond donors (Lipinski definition) is 0. The van der Waals surface area contributed by atoms with Crippen molar-refractivity contribution >= 4 is 0 Å². The minimum atomic E-state index is 0. The molecule has 1 unspecified atom stereocenters. The van der Waals surface area contributed by atoms with Crippen molar-refractivity contribution in [2.75, 3.05) is 0 Å². The first-order valence-electron chi connectivity index (χ1n) is 6.49. The second kappa shape index (κ2) is 8.88. The predicted octanol–water partition coefficient (Wildman–Crippen LogP) is 5.42. The van der Waals surface area contributed by atoms with Gasteiger partial charge in [-0.2, -0.15) is 0 Å². The summed E-state index contributed by atoms with van der Waals surface area (Å²) in [6.45, 7) is 12.9. The third-order valence-corrected chi connectivity index (χ3v) is 2.92. The third-order valence-electron chi connectivity index (χ3n) is 2.92. The minimum absolute atomic E-state index is 0. The van der Waals surface area contributed by atoms with Crippen molar-refractivity contribution in [1.29, 1.82) is 0 Å². The number of hydrogen-bond acceptors (Lipinski definition) is 0. The van der Waals surface area contributed by atoms with E-state index in [1.54, 1.807) is 0 Å². The Hall–Kier alpha value is -1.22. The standard InChI is InChI=1S/C12H18.C5H8.H2/c1-9(2)11(4)12-7-5-6-10(3)8-12;1-3-5-4-2;/h5-9,11H,1-4H3;3H2,1-2H3;1H. The van der Waals surface area contributed by atoms with Crippen LogP contribution in [0.25, 0.3) is 0 Å². The van der Waals surface area contributed by atoms with E-state index < -0.39 is 0 Å². The van der Waals surface area contributed by atoms with Gasteiger partial charge in [0.1, 0.15) is 0 Å². The molecule has 0 aliphatic carbocycles. The largest absolute Gasteiger partial charge is 0.107 e. The summed E-state index contributed by atoms with van der Waals surface area (Å²) < 4.78 is 0. The number of rotatable bonds is 2. The van der Waals surface area contributed by atoms with Gasteiger partial charge in [-0.1, -0.05) is 57.5 Å². The molecule has 0 amide bonds. The van der Waals surface area contributed by atoms with Crippen molar-refractivity contribution in [2.45, 2.75) is 53.9 Å². The molecule has 0 aliphatic rings. The highest BCUT2D eigenvalue weighted by molar-refractivity contribution is 5.25. The van der Waals surface area contributed by atoms with E-state index in [-0.39, 0.29) is 1.43 Å². The van der Waals surface area contributed by atoms with Crippen LogP contribution in [0.4, 0.5) is 0 Å². The van der Waals surface area contributed by atoms with Gasteiger partial charge in [0.15, 0.2) is 0 Å². The van der Waals surface area contributed by atoms with Gasteiger partial charge in [-0.25, -0.2) is 0 Å². The van der Waals surface area contributed by atoms with E-state index in [2.05, 4.69) is 63.8 Å². The fourth-order valence-corrected chi connectivity index (χ4v) is 1.52. The van der Waals surface area contributed by atoms with Gasteiger partial charge in [-0.15, -0.1) is 11.8 Å². The summed E-state index contributed by atoms with van der Waals surface area (Å²) in [5.74, 6) is 7.03. The van der Waals surface area contributed by atoms with Gasteiger partial charge in [0, 0.05) is 7.85 Å². The summed E-state index contributed by atoms with van der Waals surface area (Å²) in [6.07, 6.45) is 0.983. The fraction of sp³-hybridized carbons (Fsp3) is 0.529. The van der Waals surface area contributed by atoms with E-state index in [9.17, 15) is 0 Å². The zero-order chi connectivity index (χ0) is 13.3. The molecule has 0 aromatic heterocycles. The van der Waals surface area contributed by atoms with Crippen LogP contribution in [0.1, 0.15) is 59.5 Å². The van der Waals surface area contributed by atoms with Crippen molar-refractivity contribution in [3.05, 3.63) is 35.4 Å². The average Bonchev–Trinajstić information content (AvgIpc) is 2.30. The molecular weight excluding hydrogens is 204 g/mol. The summed E-state index contributed by atoms with van der Waals surface area (Å²) in [5, 5.41) is 0. The van der Waals surface area contributed by atoms with Crippen molar-refractivity contribution in [3.8, 4) is 11.8 Å². The normalized spacial score (nSPS) is 11.0. The highest BCUT2D eigenvalue weighted by Gasteiger charge is 2.08. The molecule has 1 aromatic carbocycles. The molecule has 0 aliphatic heterocycles. The average molecular weight is 232 g/mol. The van der Waals surface area contributed by atoms with Crippen molar-refractivity contribution in [2.24, 2.45) is 5.92 Å². The molecule has 1 aromatic rings. The molecule has 17 heavy (non-hydrogen) atoms. The Bertz CT molecular complexity index is 369. The highest BCUT2D eigenvalue weighted by Crippen LogP contribution is 2.23. The van der Waals surface area contributed by atoms with Crippen molar-refractivity contribution in [3.63, 3.8) is 0 Å². The quantitative estimate of drug-likeness (QED) is 0.597. The number of benzene rings is 1. The number of aryl methyl sites for hydroxylation is 1. The molecule has 0 saturated heterocycles. The van der Waals surface area contributed by atoms with Crippen LogP contribution < -0.4 is 0 Å². The minimum Gasteiger partial charge on any atom is -0.107 e. The highest BCUT2D eigenvalue weighted by atomic mass is 14.1. The smallest absolute Gasteiger partial charge is 0.00601 e. The van der Waals surface area contributed by atoms with E-state index in [1.165, 1.54) is 11.1 Å². The Morgan fingerprint density at radius 3 is 2.24 bits per heavy atom. The molecule has 1 atom stereocenters. The second-order valence-electron chi connectivity index (χ2n) is 4.73. The lowest BCUT2D eigenvalue weighted by Gasteiger charge is -2.16. The predicted molar refractivity (Wildman–Crippen MR) is 80.3 cm³/mol. The monoisotopic (exact) mass is 232 g/mol. The summed E-state index contributed by atoms with van der Waals surface area (Å²) in [6, 6.07) is 8.79. The first-order valence-corrected chi connectivity index (χ1v) is 6.49. The molecule has 0 radical (unpaired) electrons. The molecule has 96 valence electrons. The van der Waals surface area contributed by atoms with Crippen LogP contribution in [0.5, 0.6) is 0 Å². The van der Waals surface area contributed by atoms with Crippen LogP contribution in [0.2, 0.25) is 0 Å². The molecule has 0 saturated carbocycles. The molecule has 0 heteroatoms. The van der Waals surface area contributed by atoms with Crippen molar-refractivity contribution < 1.29 is 1.43 Å². The molecule has 1 rings (SSSR count). The molecule has 0 fully saturated rings. The summed E-state index contributed by atoms with van der Waals surface area (Å²) in [5.41, 5.74) is 2.82. The zero-order valence-corrected chi connectivity index (χ0v) is 12.2. The third kappa shape index (κ3) is 6.84. The second-order valence-corrected chi connectivity index (χ2v) is 4.73. The first kappa shape index (κ1) is 15.8. The van der Waals surface area contributed by atoms with Crippen molar-refractivity contribution in [1.82, 2.24) is 0 Å². The molecule has 0 bridgehead atoms. The molecule has 0 N–H and O–H groups in total. The lowest BCUT2D eigenvalue weighted by molar-refractivity contribution is 0.535. The van der Waals surface area contributed by atoms with Gasteiger partial charge < -0.3 is 0 Å². The fourth-order valence-electron chi connectivity index (χ4n) is 1.52. The summed E-state index contributed by atoms with van der Waals surface area (Å²) >= 11 is 0. The maximum Gasteiger partial charge on any atom is 0.00601 e. The first-order chi connectivity index (χ1) is 8.02. The lowest BCUT2D eigenvalue weighted by Crippen LogP contribution is -2.01. The van der Waals surface area contributed by atoms with Gasteiger partial charge in [-0.3, -0.25) is 0 Å². The van der Waals surface area contributed by atoms with Crippen LogP contribution in [-0.4, -0.2) is 0 Å². The van der Waals surface area contributed by atoms with Crippen LogP contribution in [0.3, 0.4) is 0 Å². The van der Waals surface area contributed by atoms with Gasteiger partial charge in [0.2, 0.25) is 0 Å². The summed E-state index contributed by atoms with van der Waals surface area (Å²) in [4.78, 5) is 0. The maximum absolute atomic E-state index is 2.86. The van der Waals surface area contributed by atoms with E-state index in [1.807, 2.05) is 13.8 Å².